The predicted octanol–water partition coefficient (Wildman–Crippen LogP) is 4.05. The highest BCUT2D eigenvalue weighted by Crippen LogP contribution is 2.28. The fourth-order valence-electron chi connectivity index (χ4n) is 3.42. The van der Waals surface area contributed by atoms with E-state index >= 15 is 0 Å². The topological polar surface area (TPSA) is 62.7 Å². The van der Waals surface area contributed by atoms with Gasteiger partial charge in [0.2, 0.25) is 10.0 Å². The van der Waals surface area contributed by atoms with Crippen LogP contribution in [0.5, 0.6) is 5.75 Å². The third-order valence-corrected chi connectivity index (χ3v) is 8.44. The average molecular weight is 482 g/mol. The molecule has 0 radical (unpaired) electrons. The molecule has 4 rings (SSSR count). The first kappa shape index (κ1) is 22.0. The number of thiazole rings is 1. The molecule has 1 aliphatic heterocycles. The van der Waals surface area contributed by atoms with E-state index in [1.807, 2.05) is 29.6 Å². The predicted molar refractivity (Wildman–Crippen MR) is 120 cm³/mol. The summed E-state index contributed by atoms with van der Waals surface area (Å²) in [4.78, 5) is 6.74. The molecule has 0 N–H and O–H groups in total. The van der Waals surface area contributed by atoms with E-state index in [0.717, 1.165) is 40.7 Å². The maximum absolute atomic E-state index is 13.3. The van der Waals surface area contributed by atoms with Gasteiger partial charge in [-0.2, -0.15) is 4.31 Å². The van der Waals surface area contributed by atoms with Crippen molar-refractivity contribution in [1.29, 1.82) is 0 Å². The standard InChI is InChI=1S/C21H21ClFN3O3S2/c1-29-18-5-2-15(3-6-18)12-17-14-30-21(24-17)25-8-10-26(11-9-25)31(27,28)20-7-4-16(23)13-19(20)22/h2-7,13-14H,8-12H2,1H3. The summed E-state index contributed by atoms with van der Waals surface area (Å²) in [6.45, 7) is 1.66. The minimum atomic E-state index is -3.78. The van der Waals surface area contributed by atoms with E-state index in [0.29, 0.717) is 26.2 Å². The van der Waals surface area contributed by atoms with Crippen LogP contribution in [0.2, 0.25) is 5.02 Å². The third-order valence-electron chi connectivity index (χ3n) is 5.10. The Morgan fingerprint density at radius 2 is 1.84 bits per heavy atom. The van der Waals surface area contributed by atoms with E-state index in [9.17, 15) is 12.8 Å². The molecule has 10 heteroatoms. The summed E-state index contributed by atoms with van der Waals surface area (Å²) in [7, 11) is -2.14. The van der Waals surface area contributed by atoms with Crippen LogP contribution in [0.4, 0.5) is 9.52 Å². The molecule has 0 bridgehead atoms. The van der Waals surface area contributed by atoms with E-state index in [1.165, 1.54) is 10.4 Å². The maximum atomic E-state index is 13.3. The van der Waals surface area contributed by atoms with Crippen molar-refractivity contribution in [1.82, 2.24) is 9.29 Å². The van der Waals surface area contributed by atoms with Crippen molar-refractivity contribution in [2.24, 2.45) is 0 Å². The molecule has 3 aromatic rings. The monoisotopic (exact) mass is 481 g/mol. The summed E-state index contributed by atoms with van der Waals surface area (Å²) < 4.78 is 45.6. The number of nitrogens with zero attached hydrogens (tertiary/aromatic N) is 3. The number of sulfonamides is 1. The van der Waals surface area contributed by atoms with E-state index in [-0.39, 0.29) is 9.92 Å². The fourth-order valence-corrected chi connectivity index (χ4v) is 6.22. The van der Waals surface area contributed by atoms with Crippen LogP contribution in [0, 0.1) is 5.82 Å². The van der Waals surface area contributed by atoms with Crippen LogP contribution in [0.15, 0.2) is 52.7 Å². The van der Waals surface area contributed by atoms with Gasteiger partial charge < -0.3 is 9.64 Å². The van der Waals surface area contributed by atoms with Crippen LogP contribution in [-0.2, 0) is 16.4 Å². The zero-order valence-corrected chi connectivity index (χ0v) is 19.2. The van der Waals surface area contributed by atoms with Crippen LogP contribution in [0.3, 0.4) is 0 Å². The number of anilines is 1. The molecule has 1 aromatic heterocycles. The van der Waals surface area contributed by atoms with E-state index in [2.05, 4.69) is 4.90 Å². The molecule has 0 aliphatic carbocycles. The van der Waals surface area contributed by atoms with Crippen molar-refractivity contribution >= 4 is 38.1 Å². The Morgan fingerprint density at radius 3 is 2.48 bits per heavy atom. The number of halogens is 2. The summed E-state index contributed by atoms with van der Waals surface area (Å²) in [5, 5.41) is 2.80. The fraction of sp³-hybridized carbons (Fsp3) is 0.286. The molecular weight excluding hydrogens is 461 g/mol. The zero-order chi connectivity index (χ0) is 22.0. The first-order chi connectivity index (χ1) is 14.9. The Morgan fingerprint density at radius 1 is 1.13 bits per heavy atom. The molecule has 1 saturated heterocycles. The molecule has 0 saturated carbocycles. The van der Waals surface area contributed by atoms with Crippen LogP contribution in [-0.4, -0.2) is 51.0 Å². The van der Waals surface area contributed by atoms with Gasteiger partial charge in [-0.05, 0) is 35.9 Å². The number of methoxy groups -OCH3 is 1. The van der Waals surface area contributed by atoms with Crippen molar-refractivity contribution in [3.63, 3.8) is 0 Å². The first-order valence-electron chi connectivity index (χ1n) is 9.64. The highest BCUT2D eigenvalue weighted by Gasteiger charge is 2.31. The number of aromatic nitrogens is 1. The SMILES string of the molecule is COc1ccc(Cc2csc(N3CCN(S(=O)(=O)c4ccc(F)cc4Cl)CC3)n2)cc1. The molecule has 31 heavy (non-hydrogen) atoms. The Kier molecular flexibility index (Phi) is 6.47. The lowest BCUT2D eigenvalue weighted by atomic mass is 10.1. The summed E-state index contributed by atoms with van der Waals surface area (Å²) in [5.41, 5.74) is 2.11. The van der Waals surface area contributed by atoms with E-state index < -0.39 is 15.8 Å². The molecule has 164 valence electrons. The number of rotatable bonds is 6. The number of piperazine rings is 1. The second-order valence-corrected chi connectivity index (χ2v) is 10.3. The second-order valence-electron chi connectivity index (χ2n) is 7.11. The highest BCUT2D eigenvalue weighted by molar-refractivity contribution is 7.89. The van der Waals surface area contributed by atoms with Gasteiger partial charge in [-0.15, -0.1) is 11.3 Å². The number of hydrogen-bond acceptors (Lipinski definition) is 6. The lowest BCUT2D eigenvalue weighted by molar-refractivity contribution is 0.384. The van der Waals surface area contributed by atoms with Gasteiger partial charge in [0.15, 0.2) is 5.13 Å². The summed E-state index contributed by atoms with van der Waals surface area (Å²) in [6.07, 6.45) is 0.720. The Hall–Kier alpha value is -2.20. The van der Waals surface area contributed by atoms with Gasteiger partial charge in [0.05, 0.1) is 17.8 Å². The number of hydrogen-bond donors (Lipinski definition) is 0. The molecule has 1 aliphatic rings. The number of benzene rings is 2. The molecular formula is C21H21ClFN3O3S2. The molecule has 0 atom stereocenters. The van der Waals surface area contributed by atoms with E-state index in [4.69, 9.17) is 21.3 Å². The smallest absolute Gasteiger partial charge is 0.244 e. The Balaban J connectivity index is 1.39. The lowest BCUT2D eigenvalue weighted by Crippen LogP contribution is -2.48. The minimum Gasteiger partial charge on any atom is -0.497 e. The van der Waals surface area contributed by atoms with Crippen LogP contribution in [0.25, 0.3) is 0 Å². The van der Waals surface area contributed by atoms with Crippen LogP contribution in [0.1, 0.15) is 11.3 Å². The average Bonchev–Trinajstić information content (AvgIpc) is 3.22. The zero-order valence-electron chi connectivity index (χ0n) is 16.8. The normalized spacial score (nSPS) is 15.3. The van der Waals surface area contributed by atoms with Crippen molar-refractivity contribution in [2.75, 3.05) is 38.2 Å². The number of ether oxygens (including phenoxy) is 1. The third kappa shape index (κ3) is 4.85. The molecule has 2 heterocycles. The molecule has 0 amide bonds. The van der Waals surface area contributed by atoms with E-state index in [1.54, 1.807) is 18.4 Å². The Labute approximate surface area is 189 Å². The van der Waals surface area contributed by atoms with Crippen molar-refractivity contribution < 1.29 is 17.5 Å². The van der Waals surface area contributed by atoms with Gasteiger partial charge in [0.1, 0.15) is 16.5 Å². The molecule has 6 nitrogen and oxygen atoms in total. The second kappa shape index (κ2) is 9.12. The van der Waals surface area contributed by atoms with Gasteiger partial charge in [0.25, 0.3) is 0 Å². The Bertz CT molecular complexity index is 1160. The molecule has 2 aromatic carbocycles. The minimum absolute atomic E-state index is 0.0694. The quantitative estimate of drug-likeness (QED) is 0.531. The van der Waals surface area contributed by atoms with Crippen LogP contribution >= 0.6 is 22.9 Å². The summed E-state index contributed by atoms with van der Waals surface area (Å²) in [5.74, 6) is 0.250. The van der Waals surface area contributed by atoms with Crippen LogP contribution < -0.4 is 9.64 Å². The van der Waals surface area contributed by atoms with Gasteiger partial charge in [0, 0.05) is 38.0 Å². The van der Waals surface area contributed by atoms with Gasteiger partial charge >= 0.3 is 0 Å². The molecule has 0 unspecified atom stereocenters. The molecule has 1 fully saturated rings. The lowest BCUT2D eigenvalue weighted by Gasteiger charge is -2.33. The van der Waals surface area contributed by atoms with Gasteiger partial charge in [-0.25, -0.2) is 17.8 Å². The van der Waals surface area contributed by atoms with Gasteiger partial charge in [-0.3, -0.25) is 0 Å². The summed E-state index contributed by atoms with van der Waals surface area (Å²) >= 11 is 7.52. The largest absolute Gasteiger partial charge is 0.497 e. The van der Waals surface area contributed by atoms with Crippen molar-refractivity contribution in [2.45, 2.75) is 11.3 Å². The summed E-state index contributed by atoms with van der Waals surface area (Å²) in [6, 6.07) is 11.2. The highest BCUT2D eigenvalue weighted by atomic mass is 35.5. The van der Waals surface area contributed by atoms with Gasteiger partial charge in [-0.1, -0.05) is 23.7 Å². The maximum Gasteiger partial charge on any atom is 0.244 e. The van der Waals surface area contributed by atoms with Crippen molar-refractivity contribution in [3.05, 3.63) is 69.9 Å². The molecule has 0 spiro atoms. The van der Waals surface area contributed by atoms with Crippen molar-refractivity contribution in [3.8, 4) is 5.75 Å². The first-order valence-corrected chi connectivity index (χ1v) is 12.3.